The van der Waals surface area contributed by atoms with Crippen molar-refractivity contribution in [2.24, 2.45) is 0 Å². The summed E-state index contributed by atoms with van der Waals surface area (Å²) in [6.07, 6.45) is 3.08. The Morgan fingerprint density at radius 3 is 2.70 bits per heavy atom. The first-order valence-electron chi connectivity index (χ1n) is 7.26. The lowest BCUT2D eigenvalue weighted by atomic mass is 10.5. The molecule has 0 aliphatic rings. The Labute approximate surface area is 121 Å². The number of nitrogens with one attached hydrogen (secondary N) is 2. The molecule has 0 spiro atoms. The molecule has 0 aliphatic carbocycles. The monoisotopic (exact) mass is 285 g/mol. The van der Waals surface area contributed by atoms with Crippen LogP contribution in [-0.2, 0) is 22.6 Å². The Balaban J connectivity index is 1.89. The van der Waals surface area contributed by atoms with Crippen LogP contribution >= 0.6 is 0 Å². The van der Waals surface area contributed by atoms with Crippen molar-refractivity contribution in [2.75, 3.05) is 46.6 Å². The highest BCUT2D eigenvalue weighted by Crippen LogP contribution is 1.92. The first kappa shape index (κ1) is 17.0. The number of nitrogens with zero attached hydrogens (tertiary/aromatic N) is 3. The van der Waals surface area contributed by atoms with E-state index in [2.05, 4.69) is 27.9 Å². The van der Waals surface area contributed by atoms with E-state index < -0.39 is 0 Å². The first-order chi connectivity index (χ1) is 9.86. The summed E-state index contributed by atoms with van der Waals surface area (Å²) in [5.41, 5.74) is 0.940. The molecule has 2 N–H and O–H groups in total. The van der Waals surface area contributed by atoms with Crippen molar-refractivity contribution in [3.8, 4) is 0 Å². The van der Waals surface area contributed by atoms with Gasteiger partial charge in [-0.3, -0.25) is 0 Å². The number of rotatable bonds is 13. The van der Waals surface area contributed by atoms with Gasteiger partial charge in [0.2, 0.25) is 0 Å². The Kier molecular flexibility index (Phi) is 10.0. The van der Waals surface area contributed by atoms with E-state index in [0.29, 0.717) is 19.8 Å². The average molecular weight is 285 g/mol. The maximum Gasteiger partial charge on any atom is 0.0964 e. The van der Waals surface area contributed by atoms with Gasteiger partial charge >= 0.3 is 0 Å². The molecule has 0 saturated carbocycles. The van der Waals surface area contributed by atoms with E-state index in [0.717, 1.165) is 44.9 Å². The van der Waals surface area contributed by atoms with E-state index in [1.807, 2.05) is 13.2 Å². The summed E-state index contributed by atoms with van der Waals surface area (Å²) in [5, 5.41) is 14.4. The largest absolute Gasteiger partial charge is 0.378 e. The van der Waals surface area contributed by atoms with Crippen LogP contribution in [0.1, 0.15) is 19.0 Å². The van der Waals surface area contributed by atoms with Crippen molar-refractivity contribution in [3.63, 3.8) is 0 Å². The van der Waals surface area contributed by atoms with Crippen LogP contribution in [0.15, 0.2) is 6.20 Å². The fraction of sp³-hybridized carbons (Fsp3) is 0.846. The second kappa shape index (κ2) is 11.8. The third-order valence-electron chi connectivity index (χ3n) is 2.63. The van der Waals surface area contributed by atoms with Crippen LogP contribution in [0.5, 0.6) is 0 Å². The fourth-order valence-corrected chi connectivity index (χ4v) is 1.64. The summed E-state index contributed by atoms with van der Waals surface area (Å²) in [7, 11) is 1.89. The summed E-state index contributed by atoms with van der Waals surface area (Å²) < 4.78 is 12.7. The molecule has 0 atom stereocenters. The van der Waals surface area contributed by atoms with Gasteiger partial charge in [-0.1, -0.05) is 12.1 Å². The standard InChI is InChI=1S/C13H27N5O2/c1-3-4-15-5-7-19-9-10-20-8-6-18-12-13(11-14-2)16-17-18/h12,14-15H,3-11H2,1-2H3. The van der Waals surface area contributed by atoms with Gasteiger partial charge in [0, 0.05) is 19.3 Å². The summed E-state index contributed by atoms with van der Waals surface area (Å²) in [4.78, 5) is 0. The zero-order chi connectivity index (χ0) is 14.5. The molecule has 1 aromatic heterocycles. The van der Waals surface area contributed by atoms with Crippen LogP contribution in [0.3, 0.4) is 0 Å². The lowest BCUT2D eigenvalue weighted by Crippen LogP contribution is -2.21. The average Bonchev–Trinajstić information content (AvgIpc) is 2.89. The predicted molar refractivity (Wildman–Crippen MR) is 77.6 cm³/mol. The highest BCUT2D eigenvalue weighted by Gasteiger charge is 1.99. The van der Waals surface area contributed by atoms with Crippen LogP contribution in [0.2, 0.25) is 0 Å². The van der Waals surface area contributed by atoms with Crippen molar-refractivity contribution < 1.29 is 9.47 Å². The Morgan fingerprint density at radius 2 is 1.95 bits per heavy atom. The van der Waals surface area contributed by atoms with Crippen LogP contribution in [0, 0.1) is 0 Å². The van der Waals surface area contributed by atoms with E-state index in [1.54, 1.807) is 4.68 Å². The van der Waals surface area contributed by atoms with E-state index in [1.165, 1.54) is 0 Å². The summed E-state index contributed by atoms with van der Waals surface area (Å²) in [6, 6.07) is 0. The second-order valence-electron chi connectivity index (χ2n) is 4.48. The zero-order valence-corrected chi connectivity index (χ0v) is 12.6. The quantitative estimate of drug-likeness (QED) is 0.498. The predicted octanol–water partition coefficient (Wildman–Crippen LogP) is 0.0303. The molecule has 0 fully saturated rings. The van der Waals surface area contributed by atoms with Gasteiger partial charge in [0.1, 0.15) is 0 Å². The third kappa shape index (κ3) is 8.21. The Hall–Kier alpha value is -1.02. The summed E-state index contributed by atoms with van der Waals surface area (Å²) in [6.45, 7) is 8.17. The van der Waals surface area contributed by atoms with Crippen molar-refractivity contribution in [1.82, 2.24) is 25.6 Å². The molecule has 0 radical (unpaired) electrons. The SMILES string of the molecule is CCCNCCOCCOCCn1cc(CNC)nn1. The molecule has 20 heavy (non-hydrogen) atoms. The van der Waals surface area contributed by atoms with Crippen LogP contribution in [0.4, 0.5) is 0 Å². The van der Waals surface area contributed by atoms with Gasteiger partial charge in [0.15, 0.2) is 0 Å². The summed E-state index contributed by atoms with van der Waals surface area (Å²) in [5.74, 6) is 0. The maximum atomic E-state index is 5.48. The number of ether oxygens (including phenoxy) is 2. The second-order valence-corrected chi connectivity index (χ2v) is 4.48. The Bertz CT molecular complexity index is 332. The molecule has 7 heteroatoms. The zero-order valence-electron chi connectivity index (χ0n) is 12.6. The lowest BCUT2D eigenvalue weighted by Gasteiger charge is -2.06. The minimum absolute atomic E-state index is 0.617. The van der Waals surface area contributed by atoms with E-state index in [-0.39, 0.29) is 0 Å². The highest BCUT2D eigenvalue weighted by atomic mass is 16.5. The molecule has 0 aliphatic heterocycles. The number of hydrogen-bond acceptors (Lipinski definition) is 6. The molecular formula is C13H27N5O2. The van der Waals surface area contributed by atoms with Gasteiger partial charge in [0.05, 0.1) is 38.7 Å². The first-order valence-corrected chi connectivity index (χ1v) is 7.26. The van der Waals surface area contributed by atoms with Crippen molar-refractivity contribution >= 4 is 0 Å². The van der Waals surface area contributed by atoms with Crippen molar-refractivity contribution in [2.45, 2.75) is 26.4 Å². The van der Waals surface area contributed by atoms with Gasteiger partial charge in [0.25, 0.3) is 0 Å². The molecule has 1 rings (SSSR count). The maximum absolute atomic E-state index is 5.48. The third-order valence-corrected chi connectivity index (χ3v) is 2.63. The molecule has 0 unspecified atom stereocenters. The number of hydrogen-bond donors (Lipinski definition) is 2. The number of aromatic nitrogens is 3. The molecule has 116 valence electrons. The molecule has 0 saturated heterocycles. The van der Waals surface area contributed by atoms with Gasteiger partial charge in [-0.15, -0.1) is 5.10 Å². The molecule has 0 aromatic carbocycles. The highest BCUT2D eigenvalue weighted by molar-refractivity contribution is 4.90. The normalized spacial score (nSPS) is 11.1. The van der Waals surface area contributed by atoms with E-state index >= 15 is 0 Å². The van der Waals surface area contributed by atoms with Gasteiger partial charge in [-0.05, 0) is 20.0 Å². The van der Waals surface area contributed by atoms with Gasteiger partial charge in [-0.2, -0.15) is 0 Å². The molecule has 7 nitrogen and oxygen atoms in total. The molecule has 1 heterocycles. The van der Waals surface area contributed by atoms with Gasteiger partial charge in [-0.25, -0.2) is 4.68 Å². The summed E-state index contributed by atoms with van der Waals surface area (Å²) >= 11 is 0. The van der Waals surface area contributed by atoms with Crippen molar-refractivity contribution in [1.29, 1.82) is 0 Å². The Morgan fingerprint density at radius 1 is 1.15 bits per heavy atom. The fourth-order valence-electron chi connectivity index (χ4n) is 1.64. The van der Waals surface area contributed by atoms with Gasteiger partial charge < -0.3 is 20.1 Å². The minimum atomic E-state index is 0.617. The smallest absolute Gasteiger partial charge is 0.0964 e. The van der Waals surface area contributed by atoms with E-state index in [9.17, 15) is 0 Å². The van der Waals surface area contributed by atoms with Crippen LogP contribution in [0.25, 0.3) is 0 Å². The molecule has 0 amide bonds. The molecule has 1 aromatic rings. The lowest BCUT2D eigenvalue weighted by molar-refractivity contribution is 0.0449. The van der Waals surface area contributed by atoms with Crippen molar-refractivity contribution in [3.05, 3.63) is 11.9 Å². The minimum Gasteiger partial charge on any atom is -0.378 e. The van der Waals surface area contributed by atoms with Crippen LogP contribution in [-0.4, -0.2) is 61.6 Å². The molecular weight excluding hydrogens is 258 g/mol. The van der Waals surface area contributed by atoms with Crippen LogP contribution < -0.4 is 10.6 Å². The topological polar surface area (TPSA) is 73.2 Å². The molecule has 0 bridgehead atoms. The van der Waals surface area contributed by atoms with E-state index in [4.69, 9.17) is 9.47 Å².